The van der Waals surface area contributed by atoms with E-state index < -0.39 is 14.3 Å². The zero-order valence-electron chi connectivity index (χ0n) is 10.2. The molecule has 0 spiro atoms. The largest absolute Gasteiger partial charge is 0.394 e. The molecule has 0 aromatic heterocycles. The van der Waals surface area contributed by atoms with E-state index in [1.54, 1.807) is 0 Å². The third-order valence-electron chi connectivity index (χ3n) is 3.89. The third kappa shape index (κ3) is 1.72. The molecule has 0 aromatic carbocycles. The van der Waals surface area contributed by atoms with Crippen molar-refractivity contribution in [3.8, 4) is 0 Å². The lowest BCUT2D eigenvalue weighted by Gasteiger charge is -2.57. The number of aliphatic hydroxyl groups excluding tert-OH is 1. The number of nitrogens with two attached hydrogens (primary N) is 1. The standard InChI is InChI=1S/C10H22N2O2Si/c1-10(2,3)15(4,5)12-7(6-13)8(11)9(12)14/h7-8,13H,6,11H2,1-5H3. The number of nitrogens with zero attached hydrogens (tertiary/aromatic N) is 1. The van der Waals surface area contributed by atoms with Crippen molar-refractivity contribution < 1.29 is 9.90 Å². The number of aliphatic hydroxyl groups is 1. The van der Waals surface area contributed by atoms with Crippen molar-refractivity contribution in [1.82, 2.24) is 4.57 Å². The van der Waals surface area contributed by atoms with Gasteiger partial charge in [0.15, 0.2) is 8.24 Å². The van der Waals surface area contributed by atoms with Crippen LogP contribution >= 0.6 is 0 Å². The lowest BCUT2D eigenvalue weighted by molar-refractivity contribution is -0.143. The molecule has 1 rings (SSSR count). The van der Waals surface area contributed by atoms with Crippen molar-refractivity contribution >= 4 is 14.1 Å². The maximum absolute atomic E-state index is 11.7. The van der Waals surface area contributed by atoms with E-state index >= 15 is 0 Å². The highest BCUT2D eigenvalue weighted by Crippen LogP contribution is 2.42. The van der Waals surface area contributed by atoms with Gasteiger partial charge in [0.2, 0.25) is 5.91 Å². The molecule has 1 fully saturated rings. The molecule has 88 valence electrons. The summed E-state index contributed by atoms with van der Waals surface area (Å²) in [5.74, 6) is 0.000594. The summed E-state index contributed by atoms with van der Waals surface area (Å²) >= 11 is 0. The molecule has 0 bridgehead atoms. The number of rotatable bonds is 2. The van der Waals surface area contributed by atoms with Crippen molar-refractivity contribution in [2.45, 2.75) is 51.0 Å². The lowest BCUT2D eigenvalue weighted by atomic mass is 10.0. The van der Waals surface area contributed by atoms with Crippen molar-refractivity contribution in [2.24, 2.45) is 5.73 Å². The third-order valence-corrected chi connectivity index (χ3v) is 9.32. The first-order valence-electron chi connectivity index (χ1n) is 5.34. The normalized spacial score (nSPS) is 27.9. The van der Waals surface area contributed by atoms with Crippen LogP contribution in [0.25, 0.3) is 0 Å². The zero-order valence-corrected chi connectivity index (χ0v) is 11.2. The molecule has 1 amide bonds. The van der Waals surface area contributed by atoms with Gasteiger partial charge in [-0.3, -0.25) is 4.79 Å². The van der Waals surface area contributed by atoms with Crippen LogP contribution in [0.15, 0.2) is 0 Å². The fourth-order valence-corrected chi connectivity index (χ4v) is 4.31. The molecule has 0 saturated carbocycles. The second kappa shape index (κ2) is 3.57. The van der Waals surface area contributed by atoms with Gasteiger partial charge in [-0.15, -0.1) is 0 Å². The van der Waals surface area contributed by atoms with Crippen LogP contribution in [0.5, 0.6) is 0 Å². The van der Waals surface area contributed by atoms with Crippen LogP contribution in [-0.4, -0.2) is 42.5 Å². The van der Waals surface area contributed by atoms with Gasteiger partial charge in [-0.25, -0.2) is 0 Å². The zero-order chi connectivity index (χ0) is 12.0. The number of β-lactam (4-membered cyclic amide) rings is 1. The molecule has 5 heteroatoms. The lowest BCUT2D eigenvalue weighted by Crippen LogP contribution is -2.78. The summed E-state index contributed by atoms with van der Waals surface area (Å²) in [6, 6.07) is -0.664. The predicted octanol–water partition coefficient (Wildman–Crippen LogP) is 0.522. The SMILES string of the molecule is CC(C)(C)[Si](C)(C)N1C(=O)C(N)C1CO. The summed E-state index contributed by atoms with van der Waals surface area (Å²) < 4.78 is 1.86. The van der Waals surface area contributed by atoms with E-state index in [9.17, 15) is 9.90 Å². The Morgan fingerprint density at radius 1 is 1.47 bits per heavy atom. The second-order valence-electron chi connectivity index (χ2n) is 5.79. The molecular weight excluding hydrogens is 208 g/mol. The number of carbonyl (C=O) groups is 1. The Morgan fingerprint density at radius 3 is 2.27 bits per heavy atom. The average molecular weight is 230 g/mol. The molecule has 4 nitrogen and oxygen atoms in total. The number of carbonyl (C=O) groups excluding carboxylic acids is 1. The molecule has 1 saturated heterocycles. The van der Waals surface area contributed by atoms with Crippen molar-refractivity contribution in [3.05, 3.63) is 0 Å². The van der Waals surface area contributed by atoms with Crippen LogP contribution in [0.2, 0.25) is 18.1 Å². The van der Waals surface area contributed by atoms with Gasteiger partial charge in [-0.1, -0.05) is 33.9 Å². The first kappa shape index (κ1) is 12.7. The first-order valence-corrected chi connectivity index (χ1v) is 8.29. The van der Waals surface area contributed by atoms with E-state index in [-0.39, 0.29) is 23.6 Å². The van der Waals surface area contributed by atoms with Crippen LogP contribution in [-0.2, 0) is 4.79 Å². The van der Waals surface area contributed by atoms with Crippen LogP contribution < -0.4 is 5.73 Å². The van der Waals surface area contributed by atoms with Crippen molar-refractivity contribution in [2.75, 3.05) is 6.61 Å². The summed E-state index contributed by atoms with van der Waals surface area (Å²) in [6.45, 7) is 10.7. The van der Waals surface area contributed by atoms with Gasteiger partial charge in [0.25, 0.3) is 0 Å². The van der Waals surface area contributed by atoms with Gasteiger partial charge in [-0.05, 0) is 5.04 Å². The van der Waals surface area contributed by atoms with Gasteiger partial charge < -0.3 is 15.4 Å². The Morgan fingerprint density at radius 2 is 1.93 bits per heavy atom. The quantitative estimate of drug-likeness (QED) is 0.537. The predicted molar refractivity (Wildman–Crippen MR) is 62.9 cm³/mol. The molecule has 3 N–H and O–H groups in total. The molecule has 15 heavy (non-hydrogen) atoms. The summed E-state index contributed by atoms with van der Waals surface area (Å²) in [4.78, 5) is 11.7. The summed E-state index contributed by atoms with van der Waals surface area (Å²) in [5.41, 5.74) is 5.68. The minimum atomic E-state index is -1.87. The van der Waals surface area contributed by atoms with Crippen LogP contribution in [0.4, 0.5) is 0 Å². The first-order chi connectivity index (χ1) is 6.64. The van der Waals surface area contributed by atoms with Crippen LogP contribution in [0, 0.1) is 0 Å². The smallest absolute Gasteiger partial charge is 0.234 e. The van der Waals surface area contributed by atoms with E-state index in [0.717, 1.165) is 0 Å². The molecule has 0 aromatic rings. The fraction of sp³-hybridized carbons (Fsp3) is 0.900. The number of amides is 1. The second-order valence-corrected chi connectivity index (χ2v) is 10.9. The molecular formula is C10H22N2O2Si. The van der Waals surface area contributed by atoms with Gasteiger partial charge in [0.05, 0.1) is 12.6 Å². The van der Waals surface area contributed by atoms with E-state index in [4.69, 9.17) is 5.73 Å². The molecule has 2 atom stereocenters. The highest BCUT2D eigenvalue weighted by Gasteiger charge is 2.55. The number of hydrogen-bond acceptors (Lipinski definition) is 3. The molecule has 0 radical (unpaired) electrons. The molecule has 1 heterocycles. The average Bonchev–Trinajstić information content (AvgIpc) is 2.09. The summed E-state index contributed by atoms with van der Waals surface area (Å²) in [5, 5.41) is 9.32. The Labute approximate surface area is 92.5 Å². The topological polar surface area (TPSA) is 66.6 Å². The van der Waals surface area contributed by atoms with Gasteiger partial charge in [0, 0.05) is 0 Å². The summed E-state index contributed by atoms with van der Waals surface area (Å²) in [6.07, 6.45) is 0. The van der Waals surface area contributed by atoms with Crippen LogP contribution in [0.1, 0.15) is 20.8 Å². The minimum Gasteiger partial charge on any atom is -0.394 e. The van der Waals surface area contributed by atoms with E-state index in [1.165, 1.54) is 0 Å². The molecule has 2 unspecified atom stereocenters. The highest BCUT2D eigenvalue weighted by atomic mass is 28.3. The van der Waals surface area contributed by atoms with Gasteiger partial charge in [0.1, 0.15) is 6.04 Å². The Hall–Kier alpha value is -0.393. The van der Waals surface area contributed by atoms with Gasteiger partial charge in [-0.2, -0.15) is 0 Å². The Bertz CT molecular complexity index is 273. The molecule has 1 aliphatic heterocycles. The van der Waals surface area contributed by atoms with Crippen LogP contribution in [0.3, 0.4) is 0 Å². The Kier molecular flexibility index (Phi) is 3.02. The van der Waals surface area contributed by atoms with E-state index in [1.807, 2.05) is 4.57 Å². The van der Waals surface area contributed by atoms with E-state index in [0.29, 0.717) is 0 Å². The monoisotopic (exact) mass is 230 g/mol. The van der Waals surface area contributed by atoms with Crippen molar-refractivity contribution in [3.63, 3.8) is 0 Å². The molecule has 0 aliphatic carbocycles. The maximum Gasteiger partial charge on any atom is 0.234 e. The number of hydrogen-bond donors (Lipinski definition) is 2. The van der Waals surface area contributed by atoms with Gasteiger partial charge >= 0.3 is 0 Å². The maximum atomic E-state index is 11.7. The van der Waals surface area contributed by atoms with E-state index in [2.05, 4.69) is 33.9 Å². The minimum absolute atomic E-state index is 0.000594. The highest BCUT2D eigenvalue weighted by molar-refractivity contribution is 6.80. The fourth-order valence-electron chi connectivity index (χ4n) is 1.81. The van der Waals surface area contributed by atoms with Crippen molar-refractivity contribution in [1.29, 1.82) is 0 Å². The Balaban J connectivity index is 2.94. The molecule has 1 aliphatic rings. The summed E-state index contributed by atoms with van der Waals surface area (Å²) in [7, 11) is -1.87.